The standard InChI is InChI=1S/C21H27N3O2/c1-4-12-24(14-20(25)22-18-10-7-8-16(2)13-18)15-21(26)23-19-11-6-5-9-17(19)3/h5-11,13H,4,12,14-15H2,1-3H3,(H,22,25)(H,23,26)/p+1. The van der Waals surface area contributed by atoms with E-state index in [2.05, 4.69) is 17.6 Å². The zero-order valence-corrected chi connectivity index (χ0v) is 15.8. The SMILES string of the molecule is CCC[NH+](CC(=O)Nc1cccc(C)c1)CC(=O)Nc1ccccc1C. The number of hydrogen-bond donors (Lipinski definition) is 3. The molecule has 1 unspecified atom stereocenters. The maximum atomic E-state index is 12.4. The number of para-hydroxylation sites is 1. The molecular weight excluding hydrogens is 326 g/mol. The lowest BCUT2D eigenvalue weighted by Gasteiger charge is -2.18. The van der Waals surface area contributed by atoms with Crippen LogP contribution in [0, 0.1) is 13.8 Å². The fourth-order valence-corrected chi connectivity index (χ4v) is 2.88. The van der Waals surface area contributed by atoms with Gasteiger partial charge in [-0.25, -0.2) is 0 Å². The highest BCUT2D eigenvalue weighted by molar-refractivity contribution is 5.93. The van der Waals surface area contributed by atoms with Crippen molar-refractivity contribution in [2.24, 2.45) is 0 Å². The Labute approximate surface area is 155 Å². The summed E-state index contributed by atoms with van der Waals surface area (Å²) in [4.78, 5) is 25.7. The van der Waals surface area contributed by atoms with E-state index >= 15 is 0 Å². The van der Waals surface area contributed by atoms with Gasteiger partial charge in [0.25, 0.3) is 11.8 Å². The van der Waals surface area contributed by atoms with Crippen molar-refractivity contribution in [2.45, 2.75) is 27.2 Å². The number of amides is 2. The first-order valence-electron chi connectivity index (χ1n) is 9.03. The van der Waals surface area contributed by atoms with Crippen molar-refractivity contribution in [1.82, 2.24) is 0 Å². The average Bonchev–Trinajstić information content (AvgIpc) is 2.57. The largest absolute Gasteiger partial charge is 0.321 e. The van der Waals surface area contributed by atoms with Crippen LogP contribution in [0.4, 0.5) is 11.4 Å². The predicted octanol–water partition coefficient (Wildman–Crippen LogP) is 2.18. The van der Waals surface area contributed by atoms with Crippen molar-refractivity contribution in [3.8, 4) is 0 Å². The Kier molecular flexibility index (Phi) is 7.36. The fraction of sp³-hybridized carbons (Fsp3) is 0.333. The van der Waals surface area contributed by atoms with E-state index in [4.69, 9.17) is 0 Å². The van der Waals surface area contributed by atoms with E-state index in [1.165, 1.54) is 0 Å². The number of nitrogens with one attached hydrogen (secondary N) is 3. The van der Waals surface area contributed by atoms with Crippen LogP contribution in [-0.4, -0.2) is 31.4 Å². The number of aryl methyl sites for hydroxylation is 2. The Hall–Kier alpha value is -2.66. The van der Waals surface area contributed by atoms with Crippen molar-refractivity contribution in [2.75, 3.05) is 30.3 Å². The first-order chi connectivity index (χ1) is 12.5. The zero-order chi connectivity index (χ0) is 18.9. The highest BCUT2D eigenvalue weighted by Gasteiger charge is 2.18. The molecule has 0 fully saturated rings. The molecule has 1 atom stereocenters. The van der Waals surface area contributed by atoms with Gasteiger partial charge in [-0.05, 0) is 49.6 Å². The first-order valence-corrected chi connectivity index (χ1v) is 9.03. The molecule has 0 spiro atoms. The Bertz CT molecular complexity index is 758. The molecule has 3 N–H and O–H groups in total. The molecule has 5 heteroatoms. The lowest BCUT2D eigenvalue weighted by atomic mass is 10.2. The molecule has 26 heavy (non-hydrogen) atoms. The molecule has 0 radical (unpaired) electrons. The zero-order valence-electron chi connectivity index (χ0n) is 15.8. The third-order valence-electron chi connectivity index (χ3n) is 4.15. The average molecular weight is 354 g/mol. The maximum Gasteiger partial charge on any atom is 0.279 e. The number of hydrogen-bond acceptors (Lipinski definition) is 2. The van der Waals surface area contributed by atoms with Crippen molar-refractivity contribution in [3.05, 3.63) is 59.7 Å². The third-order valence-corrected chi connectivity index (χ3v) is 4.15. The molecular formula is C21H28N3O2+. The van der Waals surface area contributed by atoms with E-state index in [1.54, 1.807) is 0 Å². The van der Waals surface area contributed by atoms with Crippen molar-refractivity contribution in [1.29, 1.82) is 0 Å². The number of anilines is 2. The van der Waals surface area contributed by atoms with Crippen LogP contribution in [-0.2, 0) is 9.59 Å². The van der Waals surface area contributed by atoms with E-state index in [1.807, 2.05) is 62.4 Å². The fourth-order valence-electron chi connectivity index (χ4n) is 2.88. The molecule has 2 rings (SSSR count). The van der Waals surface area contributed by atoms with Gasteiger partial charge in [-0.3, -0.25) is 9.59 Å². The highest BCUT2D eigenvalue weighted by Crippen LogP contribution is 2.12. The Morgan fingerprint density at radius 3 is 2.27 bits per heavy atom. The summed E-state index contributed by atoms with van der Waals surface area (Å²) in [6.45, 7) is 7.30. The van der Waals surface area contributed by atoms with Crippen LogP contribution in [0.2, 0.25) is 0 Å². The summed E-state index contributed by atoms with van der Waals surface area (Å²) in [7, 11) is 0. The quantitative estimate of drug-likeness (QED) is 0.680. The van der Waals surface area contributed by atoms with E-state index in [0.29, 0.717) is 0 Å². The second-order valence-electron chi connectivity index (χ2n) is 6.63. The predicted molar refractivity (Wildman–Crippen MR) is 105 cm³/mol. The summed E-state index contributed by atoms with van der Waals surface area (Å²) >= 11 is 0. The normalized spacial score (nSPS) is 11.7. The molecule has 5 nitrogen and oxygen atoms in total. The minimum Gasteiger partial charge on any atom is -0.321 e. The van der Waals surface area contributed by atoms with Crippen molar-refractivity contribution in [3.63, 3.8) is 0 Å². The van der Waals surface area contributed by atoms with Crippen molar-refractivity contribution >= 4 is 23.2 Å². The van der Waals surface area contributed by atoms with E-state index in [0.717, 1.165) is 40.4 Å². The summed E-state index contributed by atoms with van der Waals surface area (Å²) in [5.74, 6) is -0.158. The summed E-state index contributed by atoms with van der Waals surface area (Å²) < 4.78 is 0. The summed E-state index contributed by atoms with van der Waals surface area (Å²) in [5, 5.41) is 5.85. The van der Waals surface area contributed by atoms with Gasteiger partial charge < -0.3 is 15.5 Å². The van der Waals surface area contributed by atoms with Gasteiger partial charge in [0.2, 0.25) is 0 Å². The van der Waals surface area contributed by atoms with Crippen LogP contribution in [0.5, 0.6) is 0 Å². The minimum atomic E-state index is -0.0808. The molecule has 0 heterocycles. The molecule has 0 aliphatic rings. The van der Waals surface area contributed by atoms with Crippen LogP contribution >= 0.6 is 0 Å². The van der Waals surface area contributed by atoms with Gasteiger partial charge in [0.15, 0.2) is 13.1 Å². The molecule has 2 aromatic carbocycles. The molecule has 0 saturated carbocycles. The highest BCUT2D eigenvalue weighted by atomic mass is 16.2. The number of rotatable bonds is 8. The maximum absolute atomic E-state index is 12.4. The molecule has 0 aliphatic heterocycles. The van der Waals surface area contributed by atoms with Gasteiger partial charge in [-0.1, -0.05) is 37.3 Å². The smallest absolute Gasteiger partial charge is 0.279 e. The van der Waals surface area contributed by atoms with E-state index < -0.39 is 0 Å². The number of carbonyl (C=O) groups is 2. The molecule has 138 valence electrons. The van der Waals surface area contributed by atoms with Crippen LogP contribution < -0.4 is 15.5 Å². The van der Waals surface area contributed by atoms with Crippen LogP contribution in [0.25, 0.3) is 0 Å². The monoisotopic (exact) mass is 354 g/mol. The molecule has 0 aromatic heterocycles. The Balaban J connectivity index is 1.92. The third kappa shape index (κ3) is 6.33. The first kappa shape index (κ1) is 19.7. The van der Waals surface area contributed by atoms with Crippen LogP contribution in [0.1, 0.15) is 24.5 Å². The van der Waals surface area contributed by atoms with Gasteiger partial charge in [-0.2, -0.15) is 0 Å². The molecule has 0 aliphatic carbocycles. The summed E-state index contributed by atoms with van der Waals surface area (Å²) in [5.41, 5.74) is 3.72. The summed E-state index contributed by atoms with van der Waals surface area (Å²) in [6.07, 6.45) is 0.907. The Morgan fingerprint density at radius 2 is 1.62 bits per heavy atom. The number of quaternary nitrogens is 1. The lowest BCUT2D eigenvalue weighted by molar-refractivity contribution is -0.883. The van der Waals surface area contributed by atoms with Gasteiger partial charge in [0.05, 0.1) is 6.54 Å². The lowest BCUT2D eigenvalue weighted by Crippen LogP contribution is -3.14. The summed E-state index contributed by atoms with van der Waals surface area (Å²) in [6, 6.07) is 15.4. The van der Waals surface area contributed by atoms with Gasteiger partial charge >= 0.3 is 0 Å². The molecule has 2 aromatic rings. The molecule has 0 bridgehead atoms. The van der Waals surface area contributed by atoms with Crippen LogP contribution in [0.3, 0.4) is 0 Å². The topological polar surface area (TPSA) is 62.6 Å². The van der Waals surface area contributed by atoms with Crippen LogP contribution in [0.15, 0.2) is 48.5 Å². The number of carbonyl (C=O) groups excluding carboxylic acids is 2. The molecule has 2 amide bonds. The second kappa shape index (κ2) is 9.73. The Morgan fingerprint density at radius 1 is 0.923 bits per heavy atom. The number of benzene rings is 2. The van der Waals surface area contributed by atoms with Gasteiger partial charge in [0, 0.05) is 11.4 Å². The van der Waals surface area contributed by atoms with E-state index in [9.17, 15) is 9.59 Å². The van der Waals surface area contributed by atoms with Gasteiger partial charge in [-0.15, -0.1) is 0 Å². The second-order valence-corrected chi connectivity index (χ2v) is 6.63. The van der Waals surface area contributed by atoms with Gasteiger partial charge in [0.1, 0.15) is 0 Å². The van der Waals surface area contributed by atoms with E-state index in [-0.39, 0.29) is 24.9 Å². The minimum absolute atomic E-state index is 0.0777. The molecule has 0 saturated heterocycles. The van der Waals surface area contributed by atoms with Crippen molar-refractivity contribution < 1.29 is 14.5 Å².